The van der Waals surface area contributed by atoms with Gasteiger partial charge in [0.2, 0.25) is 0 Å². The van der Waals surface area contributed by atoms with Crippen molar-refractivity contribution in [1.82, 2.24) is 0 Å². The molecule has 0 aliphatic rings. The molecule has 0 saturated carbocycles. The fourth-order valence-electron chi connectivity index (χ4n) is 1.51. The number of rotatable bonds is 3. The first-order valence-electron chi connectivity index (χ1n) is 5.93. The molecule has 0 spiro atoms. The lowest BCUT2D eigenvalue weighted by Gasteiger charge is -2.02. The van der Waals surface area contributed by atoms with Crippen molar-refractivity contribution in [2.24, 2.45) is 10.9 Å². The van der Waals surface area contributed by atoms with Crippen LogP contribution in [0.3, 0.4) is 0 Å². The number of halogens is 1. The quantitative estimate of drug-likeness (QED) is 0.408. The Balaban J connectivity index is 2.06. The van der Waals surface area contributed by atoms with Crippen molar-refractivity contribution >= 4 is 23.4 Å². The summed E-state index contributed by atoms with van der Waals surface area (Å²) < 4.78 is 0. The van der Waals surface area contributed by atoms with Crippen molar-refractivity contribution in [3.63, 3.8) is 0 Å². The van der Waals surface area contributed by atoms with E-state index in [2.05, 4.69) is 5.16 Å². The lowest BCUT2D eigenvalue weighted by Crippen LogP contribution is -2.15. The fourth-order valence-corrected chi connectivity index (χ4v) is 1.63. The van der Waals surface area contributed by atoms with Crippen LogP contribution in [-0.4, -0.2) is 11.8 Å². The molecule has 0 heterocycles. The first-order valence-corrected chi connectivity index (χ1v) is 6.31. The molecule has 2 aromatic carbocycles. The maximum absolute atomic E-state index is 11.7. The zero-order valence-corrected chi connectivity index (χ0v) is 11.6. The van der Waals surface area contributed by atoms with Crippen LogP contribution in [0.2, 0.25) is 5.02 Å². The minimum atomic E-state index is -0.554. The van der Waals surface area contributed by atoms with Crippen LogP contribution in [0.15, 0.2) is 53.7 Å². The van der Waals surface area contributed by atoms with Gasteiger partial charge in [0.05, 0.1) is 5.56 Å². The summed E-state index contributed by atoms with van der Waals surface area (Å²) in [4.78, 5) is 16.5. The van der Waals surface area contributed by atoms with Crippen LogP contribution in [0.25, 0.3) is 0 Å². The standard InChI is InChI=1S/C15H13ClN2O2/c1-10-2-4-12(5-3-10)15(19)20-18-14(17)11-6-8-13(16)9-7-11/h2-9H,1H3,(H2,17,18). The highest BCUT2D eigenvalue weighted by atomic mass is 35.5. The van der Waals surface area contributed by atoms with Crippen LogP contribution >= 0.6 is 11.6 Å². The van der Waals surface area contributed by atoms with Gasteiger partial charge in [0, 0.05) is 10.6 Å². The number of carbonyl (C=O) groups excluding carboxylic acids is 1. The Hall–Kier alpha value is -2.33. The highest BCUT2D eigenvalue weighted by Gasteiger charge is 2.07. The second-order valence-corrected chi connectivity index (χ2v) is 4.66. The molecule has 0 atom stereocenters. The van der Waals surface area contributed by atoms with Crippen molar-refractivity contribution in [2.75, 3.05) is 0 Å². The van der Waals surface area contributed by atoms with E-state index in [0.29, 0.717) is 16.1 Å². The molecule has 2 N–H and O–H groups in total. The minimum absolute atomic E-state index is 0.113. The second-order valence-electron chi connectivity index (χ2n) is 4.23. The van der Waals surface area contributed by atoms with Crippen molar-refractivity contribution in [3.05, 3.63) is 70.2 Å². The average molecular weight is 289 g/mol. The summed E-state index contributed by atoms with van der Waals surface area (Å²) in [5.41, 5.74) is 7.84. The zero-order chi connectivity index (χ0) is 14.5. The maximum atomic E-state index is 11.7. The van der Waals surface area contributed by atoms with E-state index in [0.717, 1.165) is 5.56 Å². The topological polar surface area (TPSA) is 64.7 Å². The largest absolute Gasteiger partial charge is 0.380 e. The van der Waals surface area contributed by atoms with Crippen LogP contribution in [0.1, 0.15) is 21.5 Å². The fraction of sp³-hybridized carbons (Fsp3) is 0.0667. The Morgan fingerprint density at radius 1 is 1.05 bits per heavy atom. The zero-order valence-electron chi connectivity index (χ0n) is 10.8. The molecular formula is C15H13ClN2O2. The molecule has 102 valence electrons. The van der Waals surface area contributed by atoms with Crippen molar-refractivity contribution in [3.8, 4) is 0 Å². The molecule has 0 amide bonds. The predicted molar refractivity (Wildman–Crippen MR) is 78.8 cm³/mol. The minimum Gasteiger partial charge on any atom is -0.380 e. The van der Waals surface area contributed by atoms with Gasteiger partial charge in [0.1, 0.15) is 0 Å². The van der Waals surface area contributed by atoms with E-state index < -0.39 is 5.97 Å². The van der Waals surface area contributed by atoms with Crippen molar-refractivity contribution < 1.29 is 9.63 Å². The third-order valence-corrected chi connectivity index (χ3v) is 2.91. The van der Waals surface area contributed by atoms with Gasteiger partial charge in [-0.2, -0.15) is 0 Å². The molecule has 0 aliphatic heterocycles. The van der Waals surface area contributed by atoms with E-state index in [9.17, 15) is 4.79 Å². The van der Waals surface area contributed by atoms with E-state index in [1.165, 1.54) is 0 Å². The molecule has 0 bridgehead atoms. The van der Waals surface area contributed by atoms with E-state index in [4.69, 9.17) is 22.2 Å². The van der Waals surface area contributed by atoms with E-state index in [1.807, 2.05) is 19.1 Å². The molecule has 0 aromatic heterocycles. The smallest absolute Gasteiger partial charge is 0.365 e. The Labute approximate surface area is 121 Å². The molecule has 0 radical (unpaired) electrons. The molecule has 0 aliphatic carbocycles. The number of nitrogens with zero attached hydrogens (tertiary/aromatic N) is 1. The number of carbonyl (C=O) groups is 1. The molecular weight excluding hydrogens is 276 g/mol. The van der Waals surface area contributed by atoms with Gasteiger partial charge in [-0.15, -0.1) is 0 Å². The number of aryl methyl sites for hydroxylation is 1. The van der Waals surface area contributed by atoms with E-state index in [1.54, 1.807) is 36.4 Å². The molecule has 2 aromatic rings. The van der Waals surface area contributed by atoms with Gasteiger partial charge in [-0.1, -0.05) is 34.5 Å². The lowest BCUT2D eigenvalue weighted by molar-refractivity contribution is 0.0516. The van der Waals surface area contributed by atoms with E-state index in [-0.39, 0.29) is 5.84 Å². The number of benzene rings is 2. The summed E-state index contributed by atoms with van der Waals surface area (Å²) in [5, 5.41) is 4.22. The predicted octanol–water partition coefficient (Wildman–Crippen LogP) is 3.13. The van der Waals surface area contributed by atoms with Gasteiger partial charge in [0.15, 0.2) is 5.84 Å². The van der Waals surface area contributed by atoms with Crippen molar-refractivity contribution in [1.29, 1.82) is 0 Å². The molecule has 20 heavy (non-hydrogen) atoms. The van der Waals surface area contributed by atoms with Crippen LogP contribution in [-0.2, 0) is 4.84 Å². The Kier molecular flexibility index (Phi) is 4.38. The van der Waals surface area contributed by atoms with Crippen molar-refractivity contribution in [2.45, 2.75) is 6.92 Å². The molecule has 2 rings (SSSR count). The second kappa shape index (κ2) is 6.21. The molecule has 0 saturated heterocycles. The third-order valence-electron chi connectivity index (χ3n) is 2.65. The van der Waals surface area contributed by atoms with Gasteiger partial charge in [-0.25, -0.2) is 4.79 Å². The van der Waals surface area contributed by atoms with Crippen LogP contribution in [0, 0.1) is 6.92 Å². The highest BCUT2D eigenvalue weighted by molar-refractivity contribution is 6.30. The summed E-state index contributed by atoms with van der Waals surface area (Å²) in [5.74, 6) is -0.441. The summed E-state index contributed by atoms with van der Waals surface area (Å²) in [7, 11) is 0. The average Bonchev–Trinajstić information content (AvgIpc) is 2.46. The normalized spacial score (nSPS) is 11.2. The Morgan fingerprint density at radius 3 is 2.20 bits per heavy atom. The number of nitrogens with two attached hydrogens (primary N) is 1. The Bertz CT molecular complexity index is 634. The lowest BCUT2D eigenvalue weighted by atomic mass is 10.2. The van der Waals surface area contributed by atoms with Crippen LogP contribution < -0.4 is 5.73 Å². The van der Waals surface area contributed by atoms with Gasteiger partial charge >= 0.3 is 5.97 Å². The van der Waals surface area contributed by atoms with E-state index >= 15 is 0 Å². The van der Waals surface area contributed by atoms with Gasteiger partial charge in [-0.05, 0) is 43.3 Å². The third kappa shape index (κ3) is 3.59. The number of oxime groups is 1. The molecule has 0 fully saturated rings. The number of hydrogen-bond acceptors (Lipinski definition) is 3. The first kappa shape index (κ1) is 14.1. The summed E-state index contributed by atoms with van der Waals surface area (Å²) in [6.45, 7) is 1.94. The number of amidine groups is 1. The summed E-state index contributed by atoms with van der Waals surface area (Å²) in [6.07, 6.45) is 0. The molecule has 5 heteroatoms. The van der Waals surface area contributed by atoms with Gasteiger partial charge in [0.25, 0.3) is 0 Å². The highest BCUT2D eigenvalue weighted by Crippen LogP contribution is 2.10. The monoisotopic (exact) mass is 288 g/mol. The maximum Gasteiger partial charge on any atom is 0.365 e. The Morgan fingerprint density at radius 2 is 1.60 bits per heavy atom. The summed E-state index contributed by atoms with van der Waals surface area (Å²) in [6, 6.07) is 13.7. The SMILES string of the molecule is Cc1ccc(C(=O)O/N=C(/N)c2ccc(Cl)cc2)cc1. The molecule has 4 nitrogen and oxygen atoms in total. The van der Waals surface area contributed by atoms with Gasteiger partial charge in [-0.3, -0.25) is 0 Å². The number of hydrogen-bond donors (Lipinski definition) is 1. The van der Waals surface area contributed by atoms with Crippen LogP contribution in [0.5, 0.6) is 0 Å². The van der Waals surface area contributed by atoms with Gasteiger partial charge < -0.3 is 10.6 Å². The summed E-state index contributed by atoms with van der Waals surface area (Å²) >= 11 is 5.77. The first-order chi connectivity index (χ1) is 9.56. The van der Waals surface area contributed by atoms with Crippen LogP contribution in [0.4, 0.5) is 0 Å². The molecule has 0 unspecified atom stereocenters.